The van der Waals surface area contributed by atoms with Gasteiger partial charge in [-0.05, 0) is 111 Å². The van der Waals surface area contributed by atoms with Crippen LogP contribution in [0, 0.1) is 11.8 Å². The van der Waals surface area contributed by atoms with E-state index in [4.69, 9.17) is 14.2 Å². The molecule has 0 radical (unpaired) electrons. The minimum absolute atomic E-state index is 0.0488. The Bertz CT molecular complexity index is 1760. The van der Waals surface area contributed by atoms with Gasteiger partial charge in [0.25, 0.3) is 0 Å². The lowest BCUT2D eigenvalue weighted by Gasteiger charge is -2.31. The van der Waals surface area contributed by atoms with E-state index in [-0.39, 0.29) is 36.0 Å². The van der Waals surface area contributed by atoms with E-state index in [1.54, 1.807) is 0 Å². The molecule has 4 aliphatic rings. The highest BCUT2D eigenvalue weighted by molar-refractivity contribution is 5.92. The summed E-state index contributed by atoms with van der Waals surface area (Å²) in [6, 6.07) is 11.7. The van der Waals surface area contributed by atoms with E-state index in [2.05, 4.69) is 21.3 Å². The van der Waals surface area contributed by atoms with Crippen LogP contribution in [0.2, 0.25) is 0 Å². The molecule has 2 aliphatic carbocycles. The number of ether oxygens (including phenoxy) is 3. The maximum Gasteiger partial charge on any atom is 0.328 e. The van der Waals surface area contributed by atoms with Crippen molar-refractivity contribution in [3.05, 3.63) is 59.7 Å². The summed E-state index contributed by atoms with van der Waals surface area (Å²) in [6.07, 6.45) is 16.1. The number of hydrogen-bond donors (Lipinski definition) is 5. The molecule has 334 valence electrons. The lowest BCUT2D eigenvalue weighted by Crippen LogP contribution is -2.55. The third kappa shape index (κ3) is 15.7. The van der Waals surface area contributed by atoms with Gasteiger partial charge in [-0.3, -0.25) is 19.2 Å². The fraction of sp³-hybridized carbons (Fsp3) is 0.617. The summed E-state index contributed by atoms with van der Waals surface area (Å²) < 4.78 is 16.5. The first kappa shape index (κ1) is 46.9. The van der Waals surface area contributed by atoms with Crippen molar-refractivity contribution in [3.63, 3.8) is 0 Å². The molecule has 2 aromatic carbocycles. The molecule has 0 spiro atoms. The molecule has 14 nitrogen and oxygen atoms in total. The molecule has 2 heterocycles. The molecule has 61 heavy (non-hydrogen) atoms. The highest BCUT2D eigenvalue weighted by Gasteiger charge is 2.35. The zero-order chi connectivity index (χ0) is 43.4. The molecule has 5 N–H and O–H groups in total. The number of carbonyl (C=O) groups is 6. The van der Waals surface area contributed by atoms with Crippen LogP contribution in [0.4, 0.5) is 0 Å². The van der Waals surface area contributed by atoms with Crippen LogP contribution in [0.15, 0.2) is 48.5 Å². The summed E-state index contributed by atoms with van der Waals surface area (Å²) in [6.45, 7) is 1.13. The molecule has 14 heteroatoms. The van der Waals surface area contributed by atoms with E-state index in [0.717, 1.165) is 120 Å². The van der Waals surface area contributed by atoms with Gasteiger partial charge in [0.2, 0.25) is 23.6 Å². The maximum atomic E-state index is 13.2. The van der Waals surface area contributed by atoms with Crippen molar-refractivity contribution in [2.75, 3.05) is 20.3 Å². The van der Waals surface area contributed by atoms with Crippen molar-refractivity contribution in [2.45, 2.75) is 153 Å². The van der Waals surface area contributed by atoms with Gasteiger partial charge in [0.05, 0.1) is 20.3 Å². The van der Waals surface area contributed by atoms with Crippen LogP contribution in [0.5, 0.6) is 11.5 Å². The van der Waals surface area contributed by atoms with Crippen molar-refractivity contribution in [2.24, 2.45) is 11.8 Å². The number of rotatable bonds is 4. The third-order valence-electron chi connectivity index (χ3n) is 12.2. The molecular weight excluding hydrogens is 781 g/mol. The van der Waals surface area contributed by atoms with Crippen molar-refractivity contribution < 1.29 is 48.1 Å². The van der Waals surface area contributed by atoms with Crippen LogP contribution < -0.4 is 30.7 Å². The van der Waals surface area contributed by atoms with Crippen molar-refractivity contribution in [3.8, 4) is 11.5 Å². The van der Waals surface area contributed by atoms with E-state index in [1.165, 1.54) is 7.11 Å². The second kappa shape index (κ2) is 25.0. The molecule has 0 aromatic heterocycles. The van der Waals surface area contributed by atoms with Crippen molar-refractivity contribution >= 4 is 35.6 Å². The normalized spacial score (nSPS) is 24.7. The van der Waals surface area contributed by atoms with Crippen LogP contribution >= 0.6 is 0 Å². The number of carboxylic acid groups (broad SMARTS) is 1. The maximum absolute atomic E-state index is 13.2. The quantitative estimate of drug-likeness (QED) is 0.237. The Hall–Kier alpha value is -5.14. The smallest absolute Gasteiger partial charge is 0.328 e. The summed E-state index contributed by atoms with van der Waals surface area (Å²) in [7, 11) is 1.31. The lowest BCUT2D eigenvalue weighted by atomic mass is 9.83. The number of fused-ring (bicyclic) bond motifs is 4. The molecule has 0 saturated heterocycles. The number of carbonyl (C=O) groups excluding carboxylic acids is 5. The third-order valence-corrected chi connectivity index (χ3v) is 12.2. The van der Waals surface area contributed by atoms with Gasteiger partial charge >= 0.3 is 11.9 Å². The number of methoxy groups -OCH3 is 1. The number of benzene rings is 2. The van der Waals surface area contributed by atoms with Gasteiger partial charge < -0.3 is 40.6 Å². The molecule has 2 saturated carbocycles. The predicted molar refractivity (Wildman–Crippen MR) is 229 cm³/mol. The number of amides is 4. The Balaban J connectivity index is 0.000000231. The highest BCUT2D eigenvalue weighted by atomic mass is 16.5. The Morgan fingerprint density at radius 3 is 1.44 bits per heavy atom. The van der Waals surface area contributed by atoms with E-state index >= 15 is 0 Å². The Morgan fingerprint density at radius 2 is 1.00 bits per heavy atom. The van der Waals surface area contributed by atoms with Crippen LogP contribution in [0.3, 0.4) is 0 Å². The molecule has 4 atom stereocenters. The molecule has 2 fully saturated rings. The second-order valence-corrected chi connectivity index (χ2v) is 16.9. The van der Waals surface area contributed by atoms with E-state index in [1.807, 2.05) is 48.5 Å². The monoisotopic (exact) mass is 846 g/mol. The molecule has 4 amide bonds. The Kier molecular flexibility index (Phi) is 19.2. The number of carboxylic acids is 1. The first-order valence-electron chi connectivity index (χ1n) is 22.5. The number of esters is 1. The zero-order valence-corrected chi connectivity index (χ0v) is 35.8. The predicted octanol–water partition coefficient (Wildman–Crippen LogP) is 5.72. The van der Waals surface area contributed by atoms with Gasteiger partial charge in [-0.2, -0.15) is 0 Å². The van der Waals surface area contributed by atoms with Gasteiger partial charge in [0.1, 0.15) is 35.7 Å². The van der Waals surface area contributed by atoms with Crippen LogP contribution in [0.1, 0.15) is 127 Å². The SMILES string of the molecule is COC(=O)[C@@H]1Cc2cccc(c2)OCCCCCC(=O)N[C@@H](C2CCCCC2)C(=O)N1.O=C1CCCCCOc2cccc(c2)C[C@@H](C(=O)O)NC(=O)[C@H](C2CCCCC2)N1. The van der Waals surface area contributed by atoms with E-state index in [0.29, 0.717) is 38.2 Å². The molecule has 6 rings (SSSR count). The Morgan fingerprint density at radius 1 is 0.574 bits per heavy atom. The van der Waals surface area contributed by atoms with E-state index in [9.17, 15) is 33.9 Å². The minimum Gasteiger partial charge on any atom is -0.494 e. The topological polar surface area (TPSA) is 198 Å². The molecule has 2 aromatic rings. The summed E-state index contributed by atoms with van der Waals surface area (Å²) in [4.78, 5) is 75.7. The molecule has 0 unspecified atom stereocenters. The van der Waals surface area contributed by atoms with Crippen LogP contribution in [0.25, 0.3) is 0 Å². The highest BCUT2D eigenvalue weighted by Crippen LogP contribution is 2.29. The lowest BCUT2D eigenvalue weighted by molar-refractivity contribution is -0.145. The fourth-order valence-electron chi connectivity index (χ4n) is 8.78. The van der Waals surface area contributed by atoms with Gasteiger partial charge in [0.15, 0.2) is 0 Å². The average Bonchev–Trinajstić information content (AvgIpc) is 3.26. The fourth-order valence-corrected chi connectivity index (χ4v) is 8.78. The van der Waals surface area contributed by atoms with E-state index < -0.39 is 42.0 Å². The van der Waals surface area contributed by atoms with Gasteiger partial charge in [-0.15, -0.1) is 0 Å². The summed E-state index contributed by atoms with van der Waals surface area (Å²) in [5, 5.41) is 21.1. The van der Waals surface area contributed by atoms with Crippen molar-refractivity contribution in [1.29, 1.82) is 0 Å². The largest absolute Gasteiger partial charge is 0.494 e. The standard InChI is InChI=1S/C24H34N2O5.C23H32N2O5/c1-30-24(29)20-16-17-9-8-12-19(15-17)31-14-7-3-6-13-21(27)26-22(23(28)25-20)18-10-4-2-5-11-18;26-20-12-5-2-6-13-30-18-11-7-8-16(14-18)15-19(23(28)29)24-22(27)21(25-20)17-9-3-1-4-10-17/h8-9,12,15,18,20,22H,2-7,10-11,13-14,16H2,1H3,(H,25,28)(H,26,27);7-8,11,14,17,19,21H,1-6,9-10,12-13,15H2,(H,24,27)(H,25,26)(H,28,29)/t20-,22-;19-,21-/m00/s1. The van der Waals surface area contributed by atoms with Crippen molar-refractivity contribution in [1.82, 2.24) is 21.3 Å². The van der Waals surface area contributed by atoms with Crippen LogP contribution in [-0.2, 0) is 46.3 Å². The summed E-state index contributed by atoms with van der Waals surface area (Å²) in [5.74, 6) is -1.01. The Labute approximate surface area is 360 Å². The van der Waals surface area contributed by atoms with Gasteiger partial charge in [0, 0.05) is 25.7 Å². The molecule has 4 bridgehead atoms. The van der Waals surface area contributed by atoms with Crippen LogP contribution in [-0.4, -0.2) is 85.2 Å². The van der Waals surface area contributed by atoms with Gasteiger partial charge in [-0.25, -0.2) is 9.59 Å². The zero-order valence-electron chi connectivity index (χ0n) is 35.8. The number of aliphatic carboxylic acids is 1. The minimum atomic E-state index is -1.09. The first-order chi connectivity index (χ1) is 29.6. The first-order valence-corrected chi connectivity index (χ1v) is 22.5. The number of nitrogens with one attached hydrogen (secondary N) is 4. The summed E-state index contributed by atoms with van der Waals surface area (Å²) in [5.41, 5.74) is 1.66. The second-order valence-electron chi connectivity index (χ2n) is 16.9. The number of hydrogen-bond acceptors (Lipinski definition) is 9. The van der Waals surface area contributed by atoms with Gasteiger partial charge in [-0.1, -0.05) is 62.8 Å². The average molecular weight is 847 g/mol. The molecular formula is C47H66N4O10. The molecule has 2 aliphatic heterocycles. The summed E-state index contributed by atoms with van der Waals surface area (Å²) >= 11 is 0.